The molecule has 4 nitrogen and oxygen atoms in total. The second-order valence-corrected chi connectivity index (χ2v) is 7.87. The first-order valence-electron chi connectivity index (χ1n) is 8.02. The molecule has 0 spiro atoms. The van der Waals surface area contributed by atoms with Crippen molar-refractivity contribution < 1.29 is 27.4 Å². The molecule has 2 aromatic rings. The van der Waals surface area contributed by atoms with Gasteiger partial charge in [0, 0.05) is 11.6 Å². The van der Waals surface area contributed by atoms with Gasteiger partial charge in [-0.15, -0.1) is 0 Å². The second-order valence-electron chi connectivity index (χ2n) is 5.79. The highest BCUT2D eigenvalue weighted by Gasteiger charge is 2.37. The zero-order chi connectivity index (χ0) is 21.3. The normalized spacial score (nSPS) is 15.9. The van der Waals surface area contributed by atoms with Crippen molar-refractivity contribution in [1.29, 1.82) is 0 Å². The molecule has 10 heteroatoms. The summed E-state index contributed by atoms with van der Waals surface area (Å²) in [6.45, 7) is 0. The van der Waals surface area contributed by atoms with Gasteiger partial charge in [-0.2, -0.15) is 13.2 Å². The van der Waals surface area contributed by atoms with Gasteiger partial charge < -0.3 is 9.47 Å². The Morgan fingerprint density at radius 2 is 1.86 bits per heavy atom. The molecule has 1 amide bonds. The molecule has 0 radical (unpaired) electrons. The van der Waals surface area contributed by atoms with Crippen molar-refractivity contribution in [2.75, 3.05) is 19.1 Å². The van der Waals surface area contributed by atoms with Gasteiger partial charge in [-0.3, -0.25) is 9.69 Å². The molecule has 0 saturated carbocycles. The van der Waals surface area contributed by atoms with Crippen molar-refractivity contribution in [1.82, 2.24) is 0 Å². The van der Waals surface area contributed by atoms with Gasteiger partial charge in [-0.1, -0.05) is 35.6 Å². The van der Waals surface area contributed by atoms with Crippen molar-refractivity contribution in [3.8, 4) is 11.5 Å². The van der Waals surface area contributed by atoms with E-state index in [4.69, 9.17) is 33.3 Å². The Bertz CT molecular complexity index is 1020. The highest BCUT2D eigenvalue weighted by molar-refractivity contribution is 8.27. The van der Waals surface area contributed by atoms with E-state index >= 15 is 0 Å². The number of halogens is 4. The number of thiocarbonyl (C=S) groups is 1. The number of benzene rings is 2. The highest BCUT2D eigenvalue weighted by Crippen LogP contribution is 2.41. The number of hydrogen-bond acceptors (Lipinski definition) is 5. The largest absolute Gasteiger partial charge is 0.497 e. The Morgan fingerprint density at radius 3 is 2.48 bits per heavy atom. The van der Waals surface area contributed by atoms with Crippen LogP contribution in [0.3, 0.4) is 0 Å². The number of thioether (sulfide) groups is 1. The van der Waals surface area contributed by atoms with Gasteiger partial charge in [0.15, 0.2) is 4.32 Å². The minimum absolute atomic E-state index is 0.00526. The van der Waals surface area contributed by atoms with Crippen LogP contribution in [0.1, 0.15) is 11.1 Å². The summed E-state index contributed by atoms with van der Waals surface area (Å²) < 4.78 is 50.0. The lowest BCUT2D eigenvalue weighted by atomic mass is 10.1. The van der Waals surface area contributed by atoms with Crippen LogP contribution < -0.4 is 14.4 Å². The molecule has 1 aliphatic rings. The topological polar surface area (TPSA) is 38.8 Å². The summed E-state index contributed by atoms with van der Waals surface area (Å²) in [5.41, 5.74) is -0.443. The second kappa shape index (κ2) is 8.25. The van der Waals surface area contributed by atoms with Gasteiger partial charge in [0.2, 0.25) is 0 Å². The molecule has 0 unspecified atom stereocenters. The van der Waals surface area contributed by atoms with Gasteiger partial charge >= 0.3 is 6.18 Å². The Labute approximate surface area is 179 Å². The fraction of sp³-hybridized carbons (Fsp3) is 0.158. The predicted molar refractivity (Wildman–Crippen MR) is 112 cm³/mol. The molecule has 0 atom stereocenters. The van der Waals surface area contributed by atoms with Crippen molar-refractivity contribution in [3.63, 3.8) is 0 Å². The molecule has 1 heterocycles. The van der Waals surface area contributed by atoms with Crippen LogP contribution in [-0.2, 0) is 11.0 Å². The number of carbonyl (C=O) groups excluding carboxylic acids is 1. The molecule has 152 valence electrons. The Balaban J connectivity index is 1.98. The van der Waals surface area contributed by atoms with Gasteiger partial charge in [0.1, 0.15) is 11.5 Å². The number of rotatable bonds is 4. The molecule has 0 aromatic heterocycles. The first kappa shape index (κ1) is 21.5. The minimum Gasteiger partial charge on any atom is -0.497 e. The van der Waals surface area contributed by atoms with Crippen LogP contribution >= 0.6 is 35.6 Å². The first-order chi connectivity index (χ1) is 13.7. The van der Waals surface area contributed by atoms with Gasteiger partial charge in [0.05, 0.1) is 35.4 Å². The summed E-state index contributed by atoms with van der Waals surface area (Å²) in [5, 5.41) is -0.454. The molecule has 0 aliphatic carbocycles. The lowest BCUT2D eigenvalue weighted by Gasteiger charge is -2.17. The molecule has 29 heavy (non-hydrogen) atoms. The molecule has 1 saturated heterocycles. The third-order valence-corrected chi connectivity index (χ3v) is 5.67. The van der Waals surface area contributed by atoms with E-state index in [9.17, 15) is 18.0 Å². The molecular weight excluding hydrogens is 447 g/mol. The average Bonchev–Trinajstić information content (AvgIpc) is 2.95. The maximum Gasteiger partial charge on any atom is 0.417 e. The standard InChI is InChI=1S/C19H13ClF3NO3S2/c1-26-12-5-3-10(15(9-12)27-2)7-16-17(25)24(18(28)29-16)11-4-6-14(20)13(8-11)19(21,22)23/h3-9H,1-2H3/b16-7+. The number of carbonyl (C=O) groups is 1. The van der Waals surface area contributed by atoms with Crippen molar-refractivity contribution in [3.05, 3.63) is 57.5 Å². The van der Waals surface area contributed by atoms with E-state index in [1.54, 1.807) is 24.3 Å². The van der Waals surface area contributed by atoms with Crippen LogP contribution in [0, 0.1) is 0 Å². The Morgan fingerprint density at radius 1 is 1.14 bits per heavy atom. The number of methoxy groups -OCH3 is 2. The lowest BCUT2D eigenvalue weighted by molar-refractivity contribution is -0.137. The SMILES string of the molecule is COc1ccc(/C=C2/SC(=S)N(c3ccc(Cl)c(C(F)(F)F)c3)C2=O)c(OC)c1. The summed E-state index contributed by atoms with van der Waals surface area (Å²) >= 11 is 11.9. The number of anilines is 1. The molecule has 2 aromatic carbocycles. The number of hydrogen-bond donors (Lipinski definition) is 0. The molecule has 1 fully saturated rings. The third-order valence-electron chi connectivity index (χ3n) is 4.03. The smallest absolute Gasteiger partial charge is 0.417 e. The van der Waals surface area contributed by atoms with Crippen molar-refractivity contribution in [2.24, 2.45) is 0 Å². The van der Waals surface area contributed by atoms with E-state index in [2.05, 4.69) is 0 Å². The summed E-state index contributed by atoms with van der Waals surface area (Å²) in [7, 11) is 2.99. The van der Waals surface area contributed by atoms with E-state index in [1.807, 2.05) is 0 Å². The molecule has 0 N–H and O–H groups in total. The van der Waals surface area contributed by atoms with Gasteiger partial charge in [-0.25, -0.2) is 0 Å². The van der Waals surface area contributed by atoms with Crippen LogP contribution in [-0.4, -0.2) is 24.4 Å². The number of amides is 1. The zero-order valence-corrected chi connectivity index (χ0v) is 17.4. The summed E-state index contributed by atoms with van der Waals surface area (Å²) in [6.07, 6.45) is -3.09. The third kappa shape index (κ3) is 4.36. The summed E-state index contributed by atoms with van der Waals surface area (Å²) in [5.74, 6) is 0.515. The highest BCUT2D eigenvalue weighted by atomic mass is 35.5. The lowest BCUT2D eigenvalue weighted by Crippen LogP contribution is -2.27. The fourth-order valence-electron chi connectivity index (χ4n) is 2.64. The maximum absolute atomic E-state index is 13.2. The van der Waals surface area contributed by atoms with E-state index < -0.39 is 22.7 Å². The molecule has 1 aliphatic heterocycles. The van der Waals surface area contributed by atoms with Crippen LogP contribution in [0.4, 0.5) is 18.9 Å². The molecule has 0 bridgehead atoms. The predicted octanol–water partition coefficient (Wildman–Crippen LogP) is 5.78. The number of nitrogens with zero attached hydrogens (tertiary/aromatic N) is 1. The molecular formula is C19H13ClF3NO3S2. The number of ether oxygens (including phenoxy) is 2. The zero-order valence-electron chi connectivity index (χ0n) is 15.0. The van der Waals surface area contributed by atoms with E-state index in [0.29, 0.717) is 17.1 Å². The van der Waals surface area contributed by atoms with E-state index in [1.165, 1.54) is 20.3 Å². The van der Waals surface area contributed by atoms with Crippen molar-refractivity contribution >= 4 is 57.6 Å². The first-order valence-corrected chi connectivity index (χ1v) is 9.62. The summed E-state index contributed by atoms with van der Waals surface area (Å²) in [4.78, 5) is 14.2. The molecule has 3 rings (SSSR count). The maximum atomic E-state index is 13.2. The average molecular weight is 460 g/mol. The Kier molecular flexibility index (Phi) is 6.11. The summed E-state index contributed by atoms with van der Waals surface area (Å²) in [6, 6.07) is 8.28. The van der Waals surface area contributed by atoms with Crippen LogP contribution in [0.5, 0.6) is 11.5 Å². The van der Waals surface area contributed by atoms with Crippen LogP contribution in [0.25, 0.3) is 6.08 Å². The minimum atomic E-state index is -4.65. The van der Waals surface area contributed by atoms with Gasteiger partial charge in [0.25, 0.3) is 5.91 Å². The van der Waals surface area contributed by atoms with Gasteiger partial charge in [-0.05, 0) is 36.4 Å². The van der Waals surface area contributed by atoms with E-state index in [0.717, 1.165) is 28.8 Å². The quantitative estimate of drug-likeness (QED) is 0.428. The monoisotopic (exact) mass is 459 g/mol. The van der Waals surface area contributed by atoms with Crippen molar-refractivity contribution in [2.45, 2.75) is 6.18 Å². The van der Waals surface area contributed by atoms with Crippen LogP contribution in [0.2, 0.25) is 5.02 Å². The van der Waals surface area contributed by atoms with E-state index in [-0.39, 0.29) is 14.9 Å². The Hall–Kier alpha value is -2.23. The number of alkyl halides is 3. The fourth-order valence-corrected chi connectivity index (χ4v) is 4.15. The van der Waals surface area contributed by atoms with Crippen LogP contribution in [0.15, 0.2) is 41.3 Å².